The molecule has 8 heteroatoms. The van der Waals surface area contributed by atoms with Crippen LogP contribution in [0.3, 0.4) is 0 Å². The number of fused-ring (bicyclic) bond motifs is 5. The van der Waals surface area contributed by atoms with Gasteiger partial charge < -0.3 is 19.6 Å². The molecule has 43 heavy (non-hydrogen) atoms. The van der Waals surface area contributed by atoms with E-state index in [2.05, 4.69) is 5.32 Å². The minimum atomic E-state index is -0.250. The SMILES string of the molecule is C1CC2CCCC(C1)C2.CC.CCn1c(-c2nc3ccccc3n(C3CC4CCCC(C3)N4)c2=O)cccc1=O.O=CO. The maximum absolute atomic E-state index is 13.7. The third-order valence-corrected chi connectivity index (χ3v) is 9.57. The summed E-state index contributed by atoms with van der Waals surface area (Å²) < 4.78 is 3.58. The number of para-hydroxylation sites is 2. The Labute approximate surface area is 255 Å². The van der Waals surface area contributed by atoms with E-state index in [1.807, 2.05) is 55.7 Å². The summed E-state index contributed by atoms with van der Waals surface area (Å²) in [4.78, 5) is 39.2. The Kier molecular flexibility index (Phi) is 12.1. The highest BCUT2D eigenvalue weighted by molar-refractivity contribution is 5.77. The van der Waals surface area contributed by atoms with Crippen LogP contribution in [0.1, 0.15) is 104 Å². The van der Waals surface area contributed by atoms with Gasteiger partial charge in [-0.15, -0.1) is 0 Å². The van der Waals surface area contributed by atoms with Crippen LogP contribution in [0.4, 0.5) is 0 Å². The van der Waals surface area contributed by atoms with E-state index in [0.717, 1.165) is 35.7 Å². The highest BCUT2D eigenvalue weighted by Gasteiger charge is 2.33. The van der Waals surface area contributed by atoms with Gasteiger partial charge in [0.25, 0.3) is 17.6 Å². The van der Waals surface area contributed by atoms with Crippen LogP contribution in [0.25, 0.3) is 22.4 Å². The molecule has 0 amide bonds. The molecule has 4 bridgehead atoms. The molecule has 2 aromatic heterocycles. The number of hydrogen-bond donors (Lipinski definition) is 2. The zero-order chi connectivity index (χ0) is 30.8. The number of rotatable bonds is 3. The van der Waals surface area contributed by atoms with Crippen LogP contribution in [-0.4, -0.2) is 37.8 Å². The number of pyridine rings is 1. The predicted octanol–water partition coefficient (Wildman–Crippen LogP) is 6.79. The summed E-state index contributed by atoms with van der Waals surface area (Å²) >= 11 is 0. The summed E-state index contributed by atoms with van der Waals surface area (Å²) in [6.45, 7) is 6.17. The van der Waals surface area contributed by atoms with Crippen LogP contribution in [0.5, 0.6) is 0 Å². The molecule has 0 spiro atoms. The van der Waals surface area contributed by atoms with Crippen LogP contribution < -0.4 is 16.4 Å². The van der Waals surface area contributed by atoms with Crippen molar-refractivity contribution in [3.8, 4) is 11.4 Å². The summed E-state index contributed by atoms with van der Waals surface area (Å²) in [5.74, 6) is 2.30. The van der Waals surface area contributed by atoms with Gasteiger partial charge in [0.15, 0.2) is 5.69 Å². The molecule has 4 heterocycles. The lowest BCUT2D eigenvalue weighted by Crippen LogP contribution is -2.50. The number of nitrogens with one attached hydrogen (secondary N) is 1. The van der Waals surface area contributed by atoms with Gasteiger partial charge in [-0.2, -0.15) is 0 Å². The van der Waals surface area contributed by atoms with Gasteiger partial charge in [0.1, 0.15) is 0 Å². The number of carbonyl (C=O) groups is 1. The van der Waals surface area contributed by atoms with Crippen molar-refractivity contribution in [1.29, 1.82) is 0 Å². The summed E-state index contributed by atoms with van der Waals surface area (Å²) in [7, 11) is 0. The zero-order valence-electron chi connectivity index (χ0n) is 26.2. The molecule has 2 unspecified atom stereocenters. The van der Waals surface area contributed by atoms with Gasteiger partial charge in [-0.1, -0.05) is 77.0 Å². The average Bonchev–Trinajstić information content (AvgIpc) is 3.02. The molecule has 2 saturated heterocycles. The van der Waals surface area contributed by atoms with Crippen LogP contribution in [0, 0.1) is 11.8 Å². The van der Waals surface area contributed by atoms with E-state index in [1.54, 1.807) is 42.7 Å². The monoisotopic (exact) mass is 590 g/mol. The zero-order valence-corrected chi connectivity index (χ0v) is 26.2. The second kappa shape index (κ2) is 16.0. The molecule has 1 aromatic carbocycles. The Morgan fingerprint density at radius 2 is 1.44 bits per heavy atom. The lowest BCUT2D eigenvalue weighted by molar-refractivity contribution is -0.122. The van der Waals surface area contributed by atoms with E-state index in [9.17, 15) is 9.59 Å². The predicted molar refractivity (Wildman–Crippen MR) is 174 cm³/mol. The second-order valence-electron chi connectivity index (χ2n) is 12.2. The Morgan fingerprint density at radius 3 is 2.02 bits per heavy atom. The lowest BCUT2D eigenvalue weighted by atomic mass is 9.72. The van der Waals surface area contributed by atoms with Crippen molar-refractivity contribution in [3.05, 3.63) is 63.2 Å². The van der Waals surface area contributed by atoms with E-state index < -0.39 is 0 Å². The first kappa shape index (κ1) is 32.6. The van der Waals surface area contributed by atoms with Crippen molar-refractivity contribution < 1.29 is 9.90 Å². The Bertz CT molecular complexity index is 1420. The Morgan fingerprint density at radius 1 is 0.860 bits per heavy atom. The van der Waals surface area contributed by atoms with Crippen LogP contribution in [0.2, 0.25) is 0 Å². The van der Waals surface area contributed by atoms with E-state index in [-0.39, 0.29) is 23.6 Å². The molecule has 234 valence electrons. The quantitative estimate of drug-likeness (QED) is 0.325. The maximum Gasteiger partial charge on any atom is 0.290 e. The van der Waals surface area contributed by atoms with Crippen molar-refractivity contribution in [2.75, 3.05) is 0 Å². The first-order valence-corrected chi connectivity index (χ1v) is 16.6. The number of benzene rings is 1. The topological polar surface area (TPSA) is 106 Å². The number of aromatic nitrogens is 3. The third kappa shape index (κ3) is 7.83. The van der Waals surface area contributed by atoms with E-state index >= 15 is 0 Å². The molecule has 2 atom stereocenters. The number of carboxylic acid groups (broad SMARTS) is 1. The van der Waals surface area contributed by atoms with Crippen LogP contribution in [-0.2, 0) is 11.3 Å². The third-order valence-electron chi connectivity index (χ3n) is 9.57. The standard InChI is InChI=1S/C23H26N4O2.C9H16.C2H6.CH2O2/c1-2-26-20(11-6-12-21(26)28)22-23(29)27(19-10-4-3-9-18(19)25-22)17-13-15-7-5-8-16(14-17)24-15;1-3-8-5-2-6-9(4-1)7-8;1-2;2-1-3/h3-4,6,9-12,15-17,24H,2,5,7-8,13-14H2,1H3;8-9H,1-7H2;1-2H3;1H,(H,2,3). The van der Waals surface area contributed by atoms with Gasteiger partial charge in [0.05, 0.1) is 16.7 Å². The minimum Gasteiger partial charge on any atom is -0.483 e. The molecule has 0 radical (unpaired) electrons. The first-order valence-electron chi connectivity index (χ1n) is 16.6. The normalized spacial score (nSPS) is 25.5. The van der Waals surface area contributed by atoms with Crippen LogP contribution in [0.15, 0.2) is 52.1 Å². The molecule has 4 fully saturated rings. The van der Waals surface area contributed by atoms with E-state index in [0.29, 0.717) is 30.0 Å². The number of hydrogen-bond acceptors (Lipinski definition) is 5. The van der Waals surface area contributed by atoms with Crippen LogP contribution >= 0.6 is 0 Å². The molecule has 2 N–H and O–H groups in total. The van der Waals surface area contributed by atoms with Crippen molar-refractivity contribution in [1.82, 2.24) is 19.4 Å². The molecule has 2 aliphatic heterocycles. The summed E-state index contributed by atoms with van der Waals surface area (Å²) in [5.41, 5.74) is 2.44. The summed E-state index contributed by atoms with van der Waals surface area (Å²) in [6, 6.07) is 14.0. The van der Waals surface area contributed by atoms with Gasteiger partial charge >= 0.3 is 0 Å². The largest absolute Gasteiger partial charge is 0.483 e. The second-order valence-corrected chi connectivity index (χ2v) is 12.2. The smallest absolute Gasteiger partial charge is 0.290 e. The maximum atomic E-state index is 13.7. The van der Waals surface area contributed by atoms with Crippen molar-refractivity contribution >= 4 is 17.5 Å². The molecular formula is C35H50N4O4. The lowest BCUT2D eigenvalue weighted by Gasteiger charge is -2.41. The number of piperidine rings is 2. The molecule has 4 aliphatic rings. The summed E-state index contributed by atoms with van der Waals surface area (Å²) in [6.07, 6.45) is 16.4. The fourth-order valence-electron chi connectivity index (χ4n) is 7.80. The fraction of sp³-hybridized carbons (Fsp3) is 0.600. The van der Waals surface area contributed by atoms with Gasteiger partial charge in [0, 0.05) is 30.7 Å². The summed E-state index contributed by atoms with van der Waals surface area (Å²) in [5, 5.41) is 10.6. The van der Waals surface area contributed by atoms with E-state index in [4.69, 9.17) is 14.9 Å². The Balaban J connectivity index is 0.000000251. The molecule has 7 rings (SSSR count). The van der Waals surface area contributed by atoms with Crippen molar-refractivity contribution in [2.45, 2.75) is 122 Å². The molecule has 2 aliphatic carbocycles. The van der Waals surface area contributed by atoms with Gasteiger partial charge in [-0.3, -0.25) is 14.4 Å². The molecule has 8 nitrogen and oxygen atoms in total. The minimum absolute atomic E-state index is 0.0959. The highest BCUT2D eigenvalue weighted by Crippen LogP contribution is 2.39. The van der Waals surface area contributed by atoms with Gasteiger partial charge in [-0.25, -0.2) is 4.98 Å². The Hall–Kier alpha value is -3.26. The molecular weight excluding hydrogens is 540 g/mol. The van der Waals surface area contributed by atoms with Gasteiger partial charge in [0.2, 0.25) is 0 Å². The fourth-order valence-corrected chi connectivity index (χ4v) is 7.80. The van der Waals surface area contributed by atoms with Crippen molar-refractivity contribution in [2.24, 2.45) is 11.8 Å². The van der Waals surface area contributed by atoms with E-state index in [1.165, 1.54) is 38.2 Å². The van der Waals surface area contributed by atoms with Gasteiger partial charge in [-0.05, 0) is 69.1 Å². The highest BCUT2D eigenvalue weighted by atomic mass is 16.3. The van der Waals surface area contributed by atoms with Crippen molar-refractivity contribution in [3.63, 3.8) is 0 Å². The average molecular weight is 591 g/mol. The molecule has 3 aromatic rings. The number of nitrogens with zero attached hydrogens (tertiary/aromatic N) is 3. The first-order chi connectivity index (χ1) is 21.0. The molecule has 2 saturated carbocycles.